The molecule has 0 aliphatic rings. The Bertz CT molecular complexity index is 251. The van der Waals surface area contributed by atoms with Crippen LogP contribution in [-0.2, 0) is 0 Å². The van der Waals surface area contributed by atoms with Crippen molar-refractivity contribution in [1.82, 2.24) is 0 Å². The van der Waals surface area contributed by atoms with Gasteiger partial charge in [0.15, 0.2) is 0 Å². The van der Waals surface area contributed by atoms with Crippen LogP contribution in [0.15, 0.2) is 22.6 Å². The van der Waals surface area contributed by atoms with Crippen molar-refractivity contribution >= 4 is 13.3 Å². The maximum atomic E-state index is 4.20. The van der Waals surface area contributed by atoms with Gasteiger partial charge >= 0.3 is 118 Å². The summed E-state index contributed by atoms with van der Waals surface area (Å²) in [4.78, 5) is 0. The molecule has 1 heteroatoms. The summed E-state index contributed by atoms with van der Waals surface area (Å²) in [5, 5.41) is 4.35. The normalized spacial score (nSPS) is 12.8. The predicted octanol–water partition coefficient (Wildman–Crippen LogP) is 6.51. The molecule has 0 atom stereocenters. The predicted molar refractivity (Wildman–Crippen MR) is 88.9 cm³/mol. The van der Waals surface area contributed by atoms with Crippen molar-refractivity contribution in [2.24, 2.45) is 0 Å². The van der Waals surface area contributed by atoms with Crippen molar-refractivity contribution in [3.05, 3.63) is 22.6 Å². The summed E-state index contributed by atoms with van der Waals surface area (Å²) < 4.78 is 1.78. The van der Waals surface area contributed by atoms with Gasteiger partial charge in [0.05, 0.1) is 0 Å². The molecule has 0 aromatic rings. The fourth-order valence-electron chi connectivity index (χ4n) is 2.85. The summed E-state index contributed by atoms with van der Waals surface area (Å²) in [7, 11) is 0. The van der Waals surface area contributed by atoms with Crippen LogP contribution in [0.4, 0.5) is 0 Å². The van der Waals surface area contributed by atoms with Gasteiger partial charge in [-0.15, -0.1) is 0 Å². The number of rotatable bonds is 10. The molecule has 0 aliphatic carbocycles. The Hall–Kier alpha value is 0.0229. The maximum absolute atomic E-state index is 4.20. The molecular formula is C17H34Ge. The SMILES string of the molecule is C=C(CC/C=[C](\C)[Ge]([CH2]C)([CH2]C)[CH2]C)CCCC. The van der Waals surface area contributed by atoms with Gasteiger partial charge in [-0.25, -0.2) is 0 Å². The Balaban J connectivity index is 4.29. The molecule has 0 N–H and O–H groups in total. The van der Waals surface area contributed by atoms with Crippen molar-refractivity contribution in [2.75, 3.05) is 0 Å². The summed E-state index contributed by atoms with van der Waals surface area (Å²) >= 11 is -1.62. The third-order valence-corrected chi connectivity index (χ3v) is 17.2. The average Bonchev–Trinajstić information content (AvgIpc) is 2.39. The topological polar surface area (TPSA) is 0 Å². The number of unbranched alkanes of at least 4 members (excludes halogenated alkanes) is 1. The van der Waals surface area contributed by atoms with E-state index in [2.05, 4.69) is 47.3 Å². The second-order valence-corrected chi connectivity index (χ2v) is 17.1. The van der Waals surface area contributed by atoms with Crippen molar-refractivity contribution < 1.29 is 0 Å². The van der Waals surface area contributed by atoms with Crippen LogP contribution in [0.1, 0.15) is 66.7 Å². The third kappa shape index (κ3) is 5.78. The number of hydrogen-bond acceptors (Lipinski definition) is 0. The fraction of sp³-hybridized carbons (Fsp3) is 0.765. The first kappa shape index (κ1) is 18.0. The van der Waals surface area contributed by atoms with Crippen LogP contribution < -0.4 is 0 Å². The van der Waals surface area contributed by atoms with E-state index in [0.717, 1.165) is 0 Å². The molecular weight excluding hydrogens is 277 g/mol. The first-order valence-electron chi connectivity index (χ1n) is 7.90. The minimum atomic E-state index is -1.62. The standard InChI is InChI=1S/C17H34Ge/c1-7-11-13-16(5)14-12-15-17(6)18(8-2,9-3)10-4/h15H,5,7-14H2,1-4,6H3/b17-15+. The molecule has 0 fully saturated rings. The van der Waals surface area contributed by atoms with E-state index >= 15 is 0 Å². The molecule has 0 bridgehead atoms. The van der Waals surface area contributed by atoms with Crippen molar-refractivity contribution in [1.29, 1.82) is 0 Å². The monoisotopic (exact) mass is 312 g/mol. The third-order valence-electron chi connectivity index (χ3n) is 4.70. The molecule has 0 aliphatic heterocycles. The van der Waals surface area contributed by atoms with Gasteiger partial charge < -0.3 is 0 Å². The van der Waals surface area contributed by atoms with E-state index in [4.69, 9.17) is 0 Å². The van der Waals surface area contributed by atoms with E-state index in [1.54, 1.807) is 4.41 Å². The van der Waals surface area contributed by atoms with Gasteiger partial charge in [0.1, 0.15) is 0 Å². The molecule has 0 amide bonds. The van der Waals surface area contributed by atoms with Crippen LogP contribution in [0.3, 0.4) is 0 Å². The second kappa shape index (κ2) is 9.89. The van der Waals surface area contributed by atoms with Gasteiger partial charge in [-0.2, -0.15) is 0 Å². The molecule has 0 heterocycles. The van der Waals surface area contributed by atoms with Gasteiger partial charge in [-0.1, -0.05) is 0 Å². The fourth-order valence-corrected chi connectivity index (χ4v) is 10.7. The molecule has 18 heavy (non-hydrogen) atoms. The average molecular weight is 311 g/mol. The molecule has 0 spiro atoms. The van der Waals surface area contributed by atoms with Gasteiger partial charge in [-0.3, -0.25) is 0 Å². The zero-order chi connectivity index (χ0) is 14.0. The Morgan fingerprint density at radius 1 is 1.00 bits per heavy atom. The van der Waals surface area contributed by atoms with Crippen LogP contribution >= 0.6 is 0 Å². The van der Waals surface area contributed by atoms with Crippen LogP contribution in [0.25, 0.3) is 0 Å². The number of allylic oxidation sites excluding steroid dienone is 3. The molecule has 0 saturated carbocycles. The Morgan fingerprint density at radius 2 is 1.56 bits per heavy atom. The zero-order valence-electron chi connectivity index (χ0n) is 13.4. The van der Waals surface area contributed by atoms with Crippen molar-refractivity contribution in [2.45, 2.75) is 82.5 Å². The molecule has 0 aromatic carbocycles. The van der Waals surface area contributed by atoms with E-state index in [9.17, 15) is 0 Å². The molecule has 0 saturated heterocycles. The molecule has 0 nitrogen and oxygen atoms in total. The Kier molecular flexibility index (Phi) is 9.90. The van der Waals surface area contributed by atoms with Crippen molar-refractivity contribution in [3.63, 3.8) is 0 Å². The van der Waals surface area contributed by atoms with Gasteiger partial charge in [-0.05, 0) is 0 Å². The van der Waals surface area contributed by atoms with E-state index in [-0.39, 0.29) is 0 Å². The Labute approximate surface area is 118 Å². The van der Waals surface area contributed by atoms with Gasteiger partial charge in [0.25, 0.3) is 0 Å². The van der Waals surface area contributed by atoms with Crippen LogP contribution in [0.5, 0.6) is 0 Å². The quantitative estimate of drug-likeness (QED) is 0.319. The Morgan fingerprint density at radius 3 is 2.00 bits per heavy atom. The summed E-state index contributed by atoms with van der Waals surface area (Å²) in [6, 6.07) is 0. The van der Waals surface area contributed by atoms with E-state index < -0.39 is 13.3 Å². The minimum absolute atomic E-state index is 1.20. The van der Waals surface area contributed by atoms with Crippen LogP contribution in [0, 0.1) is 0 Å². The van der Waals surface area contributed by atoms with E-state index in [0.29, 0.717) is 0 Å². The van der Waals surface area contributed by atoms with E-state index in [1.165, 1.54) is 53.4 Å². The molecule has 0 aromatic heterocycles. The summed E-state index contributed by atoms with van der Waals surface area (Å²) in [6.07, 6.45) is 8.79. The molecule has 106 valence electrons. The second-order valence-electron chi connectivity index (χ2n) is 5.62. The molecule has 0 unspecified atom stereocenters. The first-order chi connectivity index (χ1) is 8.56. The van der Waals surface area contributed by atoms with Crippen LogP contribution in [-0.4, -0.2) is 13.3 Å². The van der Waals surface area contributed by atoms with E-state index in [1.807, 2.05) is 0 Å². The molecule has 0 rings (SSSR count). The first-order valence-corrected chi connectivity index (χ1v) is 13.4. The summed E-state index contributed by atoms with van der Waals surface area (Å²) in [5.41, 5.74) is 1.45. The zero-order valence-corrected chi connectivity index (χ0v) is 15.5. The summed E-state index contributed by atoms with van der Waals surface area (Å²) in [6.45, 7) is 16.1. The van der Waals surface area contributed by atoms with Gasteiger partial charge in [0, 0.05) is 0 Å². The summed E-state index contributed by atoms with van der Waals surface area (Å²) in [5.74, 6) is 0. The molecule has 0 radical (unpaired) electrons. The van der Waals surface area contributed by atoms with Crippen LogP contribution in [0.2, 0.25) is 15.8 Å². The van der Waals surface area contributed by atoms with Crippen molar-refractivity contribution in [3.8, 4) is 0 Å². The number of hydrogen-bond donors (Lipinski definition) is 0. The van der Waals surface area contributed by atoms with Gasteiger partial charge in [0.2, 0.25) is 0 Å².